The predicted molar refractivity (Wildman–Crippen MR) is 95.7 cm³/mol. The highest BCUT2D eigenvalue weighted by atomic mass is 79.9. The van der Waals surface area contributed by atoms with Gasteiger partial charge in [-0.25, -0.2) is 0 Å². The van der Waals surface area contributed by atoms with Crippen molar-refractivity contribution in [1.82, 2.24) is 15.2 Å². The second kappa shape index (κ2) is 7.19. The molecule has 0 amide bonds. The first-order chi connectivity index (χ1) is 11.2. The summed E-state index contributed by atoms with van der Waals surface area (Å²) in [4.78, 5) is 4.45. The van der Waals surface area contributed by atoms with Gasteiger partial charge in [-0.05, 0) is 30.7 Å². The Morgan fingerprint density at radius 2 is 1.87 bits per heavy atom. The predicted octanol–water partition coefficient (Wildman–Crippen LogP) is 4.55. The average molecular weight is 370 g/mol. The van der Waals surface area contributed by atoms with Crippen LogP contribution in [0.15, 0.2) is 65.3 Å². The summed E-state index contributed by atoms with van der Waals surface area (Å²) >= 11 is 3.45. The van der Waals surface area contributed by atoms with Crippen LogP contribution in [0.2, 0.25) is 0 Å². The lowest BCUT2D eigenvalue weighted by atomic mass is 10.1. The maximum absolute atomic E-state index is 4.45. The normalized spacial score (nSPS) is 11.7. The Morgan fingerprint density at radius 1 is 1.04 bits per heavy atom. The second-order valence-corrected chi connectivity index (χ2v) is 5.99. The van der Waals surface area contributed by atoms with Gasteiger partial charge in [0.25, 0.3) is 0 Å². The molecule has 0 fully saturated rings. The van der Waals surface area contributed by atoms with Crippen LogP contribution in [0.4, 0.5) is 17.5 Å². The summed E-state index contributed by atoms with van der Waals surface area (Å²) in [6, 6.07) is 18.1. The first kappa shape index (κ1) is 15.4. The molecule has 0 spiro atoms. The van der Waals surface area contributed by atoms with Crippen molar-refractivity contribution >= 4 is 33.4 Å². The van der Waals surface area contributed by atoms with E-state index in [1.54, 1.807) is 6.20 Å². The maximum atomic E-state index is 4.45. The van der Waals surface area contributed by atoms with Crippen LogP contribution in [0.5, 0.6) is 0 Å². The fourth-order valence-corrected chi connectivity index (χ4v) is 2.56. The Bertz CT molecular complexity index is 779. The first-order valence-corrected chi connectivity index (χ1v) is 8.04. The molecule has 5 nitrogen and oxygen atoms in total. The molecule has 1 unspecified atom stereocenters. The molecule has 0 aliphatic carbocycles. The highest BCUT2D eigenvalue weighted by Gasteiger charge is 2.07. The zero-order valence-electron chi connectivity index (χ0n) is 12.6. The van der Waals surface area contributed by atoms with Crippen LogP contribution in [0.3, 0.4) is 0 Å². The molecule has 116 valence electrons. The molecule has 0 saturated carbocycles. The van der Waals surface area contributed by atoms with E-state index in [1.807, 2.05) is 42.5 Å². The van der Waals surface area contributed by atoms with E-state index in [2.05, 4.69) is 60.8 Å². The van der Waals surface area contributed by atoms with Gasteiger partial charge < -0.3 is 10.6 Å². The van der Waals surface area contributed by atoms with E-state index >= 15 is 0 Å². The van der Waals surface area contributed by atoms with Crippen LogP contribution in [-0.2, 0) is 0 Å². The third-order valence-corrected chi connectivity index (χ3v) is 3.79. The van der Waals surface area contributed by atoms with E-state index < -0.39 is 0 Å². The van der Waals surface area contributed by atoms with Crippen molar-refractivity contribution < 1.29 is 0 Å². The Morgan fingerprint density at radius 3 is 2.65 bits per heavy atom. The van der Waals surface area contributed by atoms with E-state index in [-0.39, 0.29) is 6.04 Å². The number of rotatable bonds is 5. The number of nitrogens with zero attached hydrogens (tertiary/aromatic N) is 3. The molecule has 0 bridgehead atoms. The van der Waals surface area contributed by atoms with Crippen molar-refractivity contribution in [2.75, 3.05) is 10.6 Å². The van der Waals surface area contributed by atoms with Crippen LogP contribution >= 0.6 is 15.9 Å². The number of halogens is 1. The van der Waals surface area contributed by atoms with Crippen molar-refractivity contribution in [3.8, 4) is 0 Å². The molecule has 0 radical (unpaired) electrons. The molecule has 1 heterocycles. The summed E-state index contributed by atoms with van der Waals surface area (Å²) in [6.45, 7) is 2.06. The minimum atomic E-state index is 0.0964. The number of benzene rings is 2. The Balaban J connectivity index is 1.72. The highest BCUT2D eigenvalue weighted by molar-refractivity contribution is 9.10. The van der Waals surface area contributed by atoms with Crippen LogP contribution in [0, 0.1) is 0 Å². The molecule has 0 saturated heterocycles. The number of aromatic nitrogens is 3. The van der Waals surface area contributed by atoms with Crippen molar-refractivity contribution in [2.45, 2.75) is 13.0 Å². The molecule has 1 aromatic heterocycles. The van der Waals surface area contributed by atoms with E-state index in [1.165, 1.54) is 5.56 Å². The molecule has 2 N–H and O–H groups in total. The van der Waals surface area contributed by atoms with E-state index in [0.717, 1.165) is 10.2 Å². The lowest BCUT2D eigenvalue weighted by Gasteiger charge is -2.14. The zero-order valence-corrected chi connectivity index (χ0v) is 14.2. The number of anilines is 3. The molecule has 2 aromatic carbocycles. The fourth-order valence-electron chi connectivity index (χ4n) is 2.16. The molecule has 23 heavy (non-hydrogen) atoms. The van der Waals surface area contributed by atoms with Gasteiger partial charge in [0, 0.05) is 10.2 Å². The van der Waals surface area contributed by atoms with Gasteiger partial charge in [0.2, 0.25) is 5.95 Å². The standard InChI is InChI=1S/C17H16BrN5/c1-12(13-6-3-2-4-7-13)20-17-22-16(11-19-23-17)21-15-9-5-8-14(18)10-15/h2-12H,1H3,(H2,20,21,22,23). The summed E-state index contributed by atoms with van der Waals surface area (Å²) in [5.74, 6) is 1.13. The molecule has 1 atom stereocenters. The van der Waals surface area contributed by atoms with Gasteiger partial charge in [0.05, 0.1) is 12.2 Å². The first-order valence-electron chi connectivity index (χ1n) is 7.24. The number of hydrogen-bond donors (Lipinski definition) is 2. The molecule has 0 aliphatic heterocycles. The number of hydrogen-bond acceptors (Lipinski definition) is 5. The summed E-state index contributed by atoms with van der Waals surface area (Å²) < 4.78 is 1.00. The van der Waals surface area contributed by atoms with E-state index in [4.69, 9.17) is 0 Å². The summed E-state index contributed by atoms with van der Waals surface area (Å²) in [5.41, 5.74) is 2.10. The van der Waals surface area contributed by atoms with Gasteiger partial charge >= 0.3 is 0 Å². The zero-order chi connectivity index (χ0) is 16.1. The van der Waals surface area contributed by atoms with Crippen LogP contribution in [0.1, 0.15) is 18.5 Å². The van der Waals surface area contributed by atoms with Gasteiger partial charge in [-0.1, -0.05) is 52.3 Å². The van der Waals surface area contributed by atoms with Gasteiger partial charge in [-0.2, -0.15) is 10.1 Å². The van der Waals surface area contributed by atoms with Crippen LogP contribution in [0.25, 0.3) is 0 Å². The Kier molecular flexibility index (Phi) is 4.83. The molecule has 3 aromatic rings. The smallest absolute Gasteiger partial charge is 0.245 e. The van der Waals surface area contributed by atoms with Gasteiger partial charge in [-0.3, -0.25) is 0 Å². The van der Waals surface area contributed by atoms with Crippen molar-refractivity contribution in [1.29, 1.82) is 0 Å². The SMILES string of the molecule is CC(Nc1nncc(Nc2cccc(Br)c2)n1)c1ccccc1. The quantitative estimate of drug-likeness (QED) is 0.690. The van der Waals surface area contributed by atoms with E-state index in [9.17, 15) is 0 Å². The minimum absolute atomic E-state index is 0.0964. The summed E-state index contributed by atoms with van der Waals surface area (Å²) in [7, 11) is 0. The maximum Gasteiger partial charge on any atom is 0.245 e. The summed E-state index contributed by atoms with van der Waals surface area (Å²) in [5, 5.41) is 14.5. The topological polar surface area (TPSA) is 62.7 Å². The molecular weight excluding hydrogens is 354 g/mol. The van der Waals surface area contributed by atoms with Crippen molar-refractivity contribution in [3.05, 3.63) is 70.8 Å². The molecule has 3 rings (SSSR count). The van der Waals surface area contributed by atoms with Gasteiger partial charge in [0.15, 0.2) is 5.82 Å². The monoisotopic (exact) mass is 369 g/mol. The Hall–Kier alpha value is -2.47. The third kappa shape index (κ3) is 4.26. The lowest BCUT2D eigenvalue weighted by molar-refractivity contribution is 0.841. The minimum Gasteiger partial charge on any atom is -0.346 e. The van der Waals surface area contributed by atoms with Crippen molar-refractivity contribution in [2.24, 2.45) is 0 Å². The van der Waals surface area contributed by atoms with Gasteiger partial charge in [-0.15, -0.1) is 5.10 Å². The third-order valence-electron chi connectivity index (χ3n) is 3.30. The van der Waals surface area contributed by atoms with E-state index in [0.29, 0.717) is 11.8 Å². The molecular formula is C17H16BrN5. The van der Waals surface area contributed by atoms with Crippen molar-refractivity contribution in [3.63, 3.8) is 0 Å². The molecule has 6 heteroatoms. The van der Waals surface area contributed by atoms with Crippen LogP contribution in [-0.4, -0.2) is 15.2 Å². The molecule has 0 aliphatic rings. The number of nitrogens with one attached hydrogen (secondary N) is 2. The van der Waals surface area contributed by atoms with Crippen LogP contribution < -0.4 is 10.6 Å². The summed E-state index contributed by atoms with van der Waals surface area (Å²) in [6.07, 6.45) is 1.60. The largest absolute Gasteiger partial charge is 0.346 e. The highest BCUT2D eigenvalue weighted by Crippen LogP contribution is 2.20. The Labute approximate surface area is 143 Å². The average Bonchev–Trinajstić information content (AvgIpc) is 2.56. The van der Waals surface area contributed by atoms with Gasteiger partial charge in [0.1, 0.15) is 0 Å². The lowest BCUT2D eigenvalue weighted by Crippen LogP contribution is -2.10. The fraction of sp³-hybridized carbons (Fsp3) is 0.118. The second-order valence-electron chi connectivity index (χ2n) is 5.08.